The number of halogens is 1. The van der Waals surface area contributed by atoms with E-state index >= 15 is 0 Å². The summed E-state index contributed by atoms with van der Waals surface area (Å²) in [6.45, 7) is 6.24. The van der Waals surface area contributed by atoms with Crippen molar-refractivity contribution in [3.8, 4) is 0 Å². The fourth-order valence-corrected chi connectivity index (χ4v) is 2.09. The standard InChI is InChI=1S/C12H18BrNO/c1-9(2)14-12(3,8-15)10-5-4-6-11(13)7-10/h4-7,9,14-15H,8H2,1-3H3. The average molecular weight is 272 g/mol. The van der Waals surface area contributed by atoms with Gasteiger partial charge in [0.1, 0.15) is 0 Å². The van der Waals surface area contributed by atoms with Gasteiger partial charge < -0.3 is 10.4 Å². The van der Waals surface area contributed by atoms with Crippen molar-refractivity contribution >= 4 is 15.9 Å². The Morgan fingerprint density at radius 1 is 1.47 bits per heavy atom. The van der Waals surface area contributed by atoms with Crippen molar-refractivity contribution in [1.82, 2.24) is 5.32 Å². The third-order valence-corrected chi connectivity index (χ3v) is 2.88. The Labute approximate surface area is 99.8 Å². The highest BCUT2D eigenvalue weighted by atomic mass is 79.9. The van der Waals surface area contributed by atoms with Gasteiger partial charge in [0.2, 0.25) is 0 Å². The summed E-state index contributed by atoms with van der Waals surface area (Å²) in [5.41, 5.74) is 0.714. The summed E-state index contributed by atoms with van der Waals surface area (Å²) in [7, 11) is 0. The van der Waals surface area contributed by atoms with Crippen LogP contribution in [-0.2, 0) is 5.54 Å². The SMILES string of the molecule is CC(C)NC(C)(CO)c1cccc(Br)c1. The summed E-state index contributed by atoms with van der Waals surface area (Å²) in [5, 5.41) is 12.9. The number of nitrogens with one attached hydrogen (secondary N) is 1. The number of aliphatic hydroxyl groups excluding tert-OH is 1. The molecule has 0 amide bonds. The van der Waals surface area contributed by atoms with Crippen LogP contribution in [0.4, 0.5) is 0 Å². The zero-order valence-corrected chi connectivity index (χ0v) is 11.0. The second-order valence-electron chi connectivity index (χ2n) is 4.30. The van der Waals surface area contributed by atoms with Gasteiger partial charge in [0, 0.05) is 10.5 Å². The van der Waals surface area contributed by atoms with E-state index in [-0.39, 0.29) is 12.1 Å². The Kier molecular flexibility index (Phi) is 4.32. The summed E-state index contributed by atoms with van der Waals surface area (Å²) in [6, 6.07) is 8.36. The molecule has 1 rings (SSSR count). The van der Waals surface area contributed by atoms with Gasteiger partial charge in [0.05, 0.1) is 12.1 Å². The van der Waals surface area contributed by atoms with E-state index in [1.807, 2.05) is 31.2 Å². The molecule has 1 atom stereocenters. The molecule has 0 spiro atoms. The average Bonchev–Trinajstić information content (AvgIpc) is 2.16. The number of benzene rings is 1. The van der Waals surface area contributed by atoms with E-state index in [0.717, 1.165) is 10.0 Å². The maximum absolute atomic E-state index is 9.50. The quantitative estimate of drug-likeness (QED) is 0.883. The van der Waals surface area contributed by atoms with Gasteiger partial charge in [-0.05, 0) is 38.5 Å². The molecule has 0 aliphatic carbocycles. The van der Waals surface area contributed by atoms with Crippen molar-refractivity contribution in [2.45, 2.75) is 32.4 Å². The molecule has 0 bridgehead atoms. The van der Waals surface area contributed by atoms with Crippen molar-refractivity contribution in [3.05, 3.63) is 34.3 Å². The molecule has 0 aliphatic heterocycles. The molecule has 84 valence electrons. The highest BCUT2D eigenvalue weighted by Crippen LogP contribution is 2.23. The molecule has 1 aromatic carbocycles. The van der Waals surface area contributed by atoms with E-state index in [4.69, 9.17) is 0 Å². The lowest BCUT2D eigenvalue weighted by Crippen LogP contribution is -2.46. The summed E-state index contributed by atoms with van der Waals surface area (Å²) in [4.78, 5) is 0. The number of aliphatic hydroxyl groups is 1. The van der Waals surface area contributed by atoms with Crippen LogP contribution in [0.15, 0.2) is 28.7 Å². The fourth-order valence-electron chi connectivity index (χ4n) is 1.69. The summed E-state index contributed by atoms with van der Waals surface area (Å²) in [5.74, 6) is 0. The second-order valence-corrected chi connectivity index (χ2v) is 5.22. The zero-order valence-electron chi connectivity index (χ0n) is 9.42. The van der Waals surface area contributed by atoms with Crippen LogP contribution in [-0.4, -0.2) is 17.8 Å². The molecule has 3 heteroatoms. The molecular formula is C12H18BrNO. The Balaban J connectivity index is 3.00. The van der Waals surface area contributed by atoms with E-state index in [1.54, 1.807) is 0 Å². The Morgan fingerprint density at radius 3 is 2.60 bits per heavy atom. The predicted molar refractivity (Wildman–Crippen MR) is 66.9 cm³/mol. The molecule has 0 aromatic heterocycles. The maximum Gasteiger partial charge on any atom is 0.0652 e. The van der Waals surface area contributed by atoms with Crippen LogP contribution < -0.4 is 5.32 Å². The van der Waals surface area contributed by atoms with E-state index in [9.17, 15) is 5.11 Å². The van der Waals surface area contributed by atoms with Gasteiger partial charge >= 0.3 is 0 Å². The number of hydrogen-bond donors (Lipinski definition) is 2. The fraction of sp³-hybridized carbons (Fsp3) is 0.500. The smallest absolute Gasteiger partial charge is 0.0652 e. The minimum Gasteiger partial charge on any atom is -0.394 e. The van der Waals surface area contributed by atoms with Gasteiger partial charge in [0.25, 0.3) is 0 Å². The minimum atomic E-state index is -0.377. The molecule has 2 N–H and O–H groups in total. The largest absolute Gasteiger partial charge is 0.394 e. The molecule has 0 radical (unpaired) electrons. The van der Waals surface area contributed by atoms with Crippen molar-refractivity contribution < 1.29 is 5.11 Å². The van der Waals surface area contributed by atoms with Gasteiger partial charge in [-0.25, -0.2) is 0 Å². The van der Waals surface area contributed by atoms with Crippen LogP contribution in [0.5, 0.6) is 0 Å². The van der Waals surface area contributed by atoms with Crippen LogP contribution in [0.1, 0.15) is 26.3 Å². The predicted octanol–water partition coefficient (Wildman–Crippen LogP) is 2.65. The van der Waals surface area contributed by atoms with Crippen LogP contribution in [0, 0.1) is 0 Å². The topological polar surface area (TPSA) is 32.3 Å². The zero-order chi connectivity index (χ0) is 11.5. The van der Waals surface area contributed by atoms with Gasteiger partial charge in [-0.1, -0.05) is 28.1 Å². The molecule has 2 nitrogen and oxygen atoms in total. The highest BCUT2D eigenvalue weighted by Gasteiger charge is 2.26. The molecule has 0 aliphatic rings. The van der Waals surface area contributed by atoms with Crippen molar-refractivity contribution in [2.75, 3.05) is 6.61 Å². The minimum absolute atomic E-state index is 0.0850. The van der Waals surface area contributed by atoms with Crippen molar-refractivity contribution in [2.24, 2.45) is 0 Å². The highest BCUT2D eigenvalue weighted by molar-refractivity contribution is 9.10. The van der Waals surface area contributed by atoms with E-state index in [1.165, 1.54) is 0 Å². The maximum atomic E-state index is 9.50. The van der Waals surface area contributed by atoms with Crippen LogP contribution in [0.3, 0.4) is 0 Å². The molecule has 0 fully saturated rings. The van der Waals surface area contributed by atoms with Gasteiger partial charge in [-0.2, -0.15) is 0 Å². The summed E-state index contributed by atoms with van der Waals surface area (Å²) >= 11 is 3.44. The van der Waals surface area contributed by atoms with Gasteiger partial charge in [0.15, 0.2) is 0 Å². The molecule has 0 heterocycles. The van der Waals surface area contributed by atoms with Gasteiger partial charge in [-0.3, -0.25) is 0 Å². The third-order valence-electron chi connectivity index (χ3n) is 2.39. The molecule has 1 unspecified atom stereocenters. The van der Waals surface area contributed by atoms with Crippen LogP contribution >= 0.6 is 15.9 Å². The van der Waals surface area contributed by atoms with Crippen molar-refractivity contribution in [3.63, 3.8) is 0 Å². The Hall–Kier alpha value is -0.380. The summed E-state index contributed by atoms with van der Waals surface area (Å²) < 4.78 is 1.03. The molecule has 15 heavy (non-hydrogen) atoms. The van der Waals surface area contributed by atoms with E-state index in [2.05, 4.69) is 35.1 Å². The lowest BCUT2D eigenvalue weighted by Gasteiger charge is -2.31. The van der Waals surface area contributed by atoms with E-state index < -0.39 is 0 Å². The monoisotopic (exact) mass is 271 g/mol. The lowest BCUT2D eigenvalue weighted by molar-refractivity contribution is 0.166. The molecular weight excluding hydrogens is 254 g/mol. The van der Waals surface area contributed by atoms with Gasteiger partial charge in [-0.15, -0.1) is 0 Å². The molecule has 0 saturated heterocycles. The first-order valence-corrected chi connectivity index (χ1v) is 5.92. The first kappa shape index (κ1) is 12.7. The number of hydrogen-bond acceptors (Lipinski definition) is 2. The Morgan fingerprint density at radius 2 is 2.13 bits per heavy atom. The van der Waals surface area contributed by atoms with Crippen LogP contribution in [0.2, 0.25) is 0 Å². The second kappa shape index (κ2) is 5.10. The lowest BCUT2D eigenvalue weighted by atomic mass is 9.92. The first-order chi connectivity index (χ1) is 6.98. The van der Waals surface area contributed by atoms with Crippen molar-refractivity contribution in [1.29, 1.82) is 0 Å². The van der Waals surface area contributed by atoms with Crippen LogP contribution in [0.25, 0.3) is 0 Å². The molecule has 1 aromatic rings. The number of rotatable bonds is 4. The Bertz CT molecular complexity index is 327. The normalized spacial score (nSPS) is 15.3. The first-order valence-electron chi connectivity index (χ1n) is 5.12. The third kappa shape index (κ3) is 3.30. The molecule has 0 saturated carbocycles. The van der Waals surface area contributed by atoms with E-state index in [0.29, 0.717) is 6.04 Å². The summed E-state index contributed by atoms with van der Waals surface area (Å²) in [6.07, 6.45) is 0.